The van der Waals surface area contributed by atoms with Gasteiger partial charge in [0.15, 0.2) is 0 Å². The Balaban J connectivity index is 2.38. The molecule has 0 unspecified atom stereocenters. The first kappa shape index (κ1) is 13.8. The van der Waals surface area contributed by atoms with Crippen molar-refractivity contribution in [2.24, 2.45) is 0 Å². The highest BCUT2D eigenvalue weighted by atomic mass is 35.5. The fourth-order valence-corrected chi connectivity index (χ4v) is 2.91. The normalized spacial score (nSPS) is 10.8. The number of aromatic amines is 1. The molecule has 0 atom stereocenters. The lowest BCUT2D eigenvalue weighted by atomic mass is 10.1. The number of hydrogen-bond donors (Lipinski definition) is 1. The van der Waals surface area contributed by atoms with Crippen molar-refractivity contribution >= 4 is 22.9 Å². The van der Waals surface area contributed by atoms with Gasteiger partial charge in [-0.15, -0.1) is 0 Å². The van der Waals surface area contributed by atoms with Crippen LogP contribution in [-0.4, -0.2) is 9.55 Å². The van der Waals surface area contributed by atoms with Crippen LogP contribution in [-0.2, 0) is 0 Å². The van der Waals surface area contributed by atoms with Gasteiger partial charge in [-0.25, -0.2) is 13.8 Å². The molecule has 0 fully saturated rings. The Morgan fingerprint density at radius 3 is 2.62 bits per heavy atom. The van der Waals surface area contributed by atoms with Gasteiger partial charge in [0.05, 0.1) is 11.3 Å². The zero-order chi connectivity index (χ0) is 15.0. The molecule has 4 nitrogen and oxygen atoms in total. The molecule has 7 heteroatoms. The molecule has 2 heterocycles. The predicted octanol–water partition coefficient (Wildman–Crippen LogP) is 3.05. The van der Waals surface area contributed by atoms with Gasteiger partial charge in [-0.1, -0.05) is 29.8 Å². The molecule has 3 aromatic rings. The van der Waals surface area contributed by atoms with Gasteiger partial charge in [-0.05, 0) is 17.5 Å². The lowest BCUT2D eigenvalue weighted by Crippen LogP contribution is -2.34. The number of thiophene rings is 1. The van der Waals surface area contributed by atoms with E-state index in [0.29, 0.717) is 5.69 Å². The summed E-state index contributed by atoms with van der Waals surface area (Å²) in [6.45, 7) is 0. The van der Waals surface area contributed by atoms with E-state index in [-0.39, 0.29) is 16.3 Å². The van der Waals surface area contributed by atoms with E-state index in [4.69, 9.17) is 11.6 Å². The maximum atomic E-state index is 13.9. The summed E-state index contributed by atoms with van der Waals surface area (Å²) in [6, 6.07) is 7.39. The van der Waals surface area contributed by atoms with Crippen molar-refractivity contribution in [2.75, 3.05) is 0 Å². The zero-order valence-corrected chi connectivity index (χ0v) is 12.0. The van der Waals surface area contributed by atoms with Crippen molar-refractivity contribution in [2.45, 2.75) is 0 Å². The number of H-pyrrole nitrogens is 1. The Morgan fingerprint density at radius 1 is 1.19 bits per heavy atom. The summed E-state index contributed by atoms with van der Waals surface area (Å²) in [7, 11) is 0. The van der Waals surface area contributed by atoms with Crippen molar-refractivity contribution in [3.8, 4) is 16.8 Å². The third-order valence-corrected chi connectivity index (χ3v) is 3.92. The maximum Gasteiger partial charge on any atom is 0.334 e. The molecule has 21 heavy (non-hydrogen) atoms. The Bertz CT molecular complexity index is 915. The smallest absolute Gasteiger partial charge is 0.297 e. The Labute approximate surface area is 127 Å². The molecular formula is C14H8ClFN2O2S. The standard InChI is InChI=1S/C14H8ClFN2O2S/c15-12-11(9-3-1-2-4-10(9)16)13(19)18(14(20)17-12)8-5-6-21-7-8/h1-7H,(H,17,20). The molecule has 0 amide bonds. The number of aromatic nitrogens is 2. The number of rotatable bonds is 2. The largest absolute Gasteiger partial charge is 0.334 e. The molecule has 106 valence electrons. The van der Waals surface area contributed by atoms with Crippen molar-refractivity contribution in [1.29, 1.82) is 0 Å². The molecule has 2 aromatic heterocycles. The van der Waals surface area contributed by atoms with E-state index >= 15 is 0 Å². The zero-order valence-electron chi connectivity index (χ0n) is 10.5. The van der Waals surface area contributed by atoms with Gasteiger partial charge < -0.3 is 0 Å². The molecule has 0 bridgehead atoms. The van der Waals surface area contributed by atoms with E-state index in [9.17, 15) is 14.0 Å². The molecule has 1 N–H and O–H groups in total. The summed E-state index contributed by atoms with van der Waals surface area (Å²) < 4.78 is 14.8. The Kier molecular flexibility index (Phi) is 3.48. The van der Waals surface area contributed by atoms with Crippen LogP contribution < -0.4 is 11.2 Å². The number of nitrogens with one attached hydrogen (secondary N) is 1. The minimum absolute atomic E-state index is 0.0488. The van der Waals surface area contributed by atoms with Crippen molar-refractivity contribution in [1.82, 2.24) is 9.55 Å². The quantitative estimate of drug-likeness (QED) is 0.737. The van der Waals surface area contributed by atoms with E-state index < -0.39 is 17.1 Å². The monoisotopic (exact) mass is 322 g/mol. The summed E-state index contributed by atoms with van der Waals surface area (Å²) in [4.78, 5) is 26.9. The van der Waals surface area contributed by atoms with Crippen LogP contribution in [0.5, 0.6) is 0 Å². The molecule has 3 rings (SSSR count). The van der Waals surface area contributed by atoms with Crippen LogP contribution in [0.1, 0.15) is 0 Å². The number of hydrogen-bond acceptors (Lipinski definition) is 3. The first-order valence-corrected chi connectivity index (χ1v) is 7.24. The fourth-order valence-electron chi connectivity index (χ4n) is 2.03. The van der Waals surface area contributed by atoms with Crippen molar-refractivity contribution < 1.29 is 4.39 Å². The SMILES string of the molecule is O=c1[nH]c(Cl)c(-c2ccccc2F)c(=O)n1-c1ccsc1. The van der Waals surface area contributed by atoms with Crippen LogP contribution in [0.25, 0.3) is 16.8 Å². The lowest BCUT2D eigenvalue weighted by Gasteiger charge is -2.08. The van der Waals surface area contributed by atoms with E-state index in [1.165, 1.54) is 29.5 Å². The number of nitrogens with zero attached hydrogens (tertiary/aromatic N) is 1. The second-order valence-corrected chi connectivity index (χ2v) is 5.38. The van der Waals surface area contributed by atoms with Gasteiger partial charge in [0.25, 0.3) is 5.56 Å². The van der Waals surface area contributed by atoms with E-state index in [0.717, 1.165) is 4.57 Å². The highest BCUT2D eigenvalue weighted by Crippen LogP contribution is 2.24. The second-order valence-electron chi connectivity index (χ2n) is 4.22. The molecule has 0 spiro atoms. The third-order valence-electron chi connectivity index (χ3n) is 2.96. The summed E-state index contributed by atoms with van der Waals surface area (Å²) in [6.07, 6.45) is 0. The topological polar surface area (TPSA) is 54.9 Å². The molecular weight excluding hydrogens is 315 g/mol. The second kappa shape index (κ2) is 5.31. The first-order valence-electron chi connectivity index (χ1n) is 5.92. The minimum atomic E-state index is -0.663. The van der Waals surface area contributed by atoms with Crippen LogP contribution in [0.4, 0.5) is 4.39 Å². The van der Waals surface area contributed by atoms with Gasteiger partial charge in [-0.2, -0.15) is 11.3 Å². The number of benzene rings is 1. The minimum Gasteiger partial charge on any atom is -0.297 e. The molecule has 0 saturated heterocycles. The van der Waals surface area contributed by atoms with Gasteiger partial charge in [0, 0.05) is 10.9 Å². The maximum absolute atomic E-state index is 13.9. The first-order chi connectivity index (χ1) is 10.1. The van der Waals surface area contributed by atoms with Gasteiger partial charge in [-0.3, -0.25) is 9.78 Å². The van der Waals surface area contributed by atoms with Crippen LogP contribution in [0.3, 0.4) is 0 Å². The summed E-state index contributed by atoms with van der Waals surface area (Å²) in [5.74, 6) is -0.583. The van der Waals surface area contributed by atoms with Gasteiger partial charge >= 0.3 is 5.69 Å². The highest BCUT2D eigenvalue weighted by molar-refractivity contribution is 7.08. The predicted molar refractivity (Wildman–Crippen MR) is 80.9 cm³/mol. The molecule has 0 radical (unpaired) electrons. The molecule has 0 aliphatic carbocycles. The number of halogens is 2. The molecule has 1 aromatic carbocycles. The summed E-state index contributed by atoms with van der Waals surface area (Å²) in [5, 5.41) is 3.20. The van der Waals surface area contributed by atoms with Crippen molar-refractivity contribution in [3.05, 3.63) is 72.9 Å². The molecule has 0 aliphatic rings. The average molecular weight is 323 g/mol. The van der Waals surface area contributed by atoms with Crippen molar-refractivity contribution in [3.63, 3.8) is 0 Å². The van der Waals surface area contributed by atoms with E-state index in [1.807, 2.05) is 0 Å². The lowest BCUT2D eigenvalue weighted by molar-refractivity contribution is 0.630. The van der Waals surface area contributed by atoms with Gasteiger partial charge in [0.2, 0.25) is 0 Å². The Morgan fingerprint density at radius 2 is 1.95 bits per heavy atom. The van der Waals surface area contributed by atoms with E-state index in [1.54, 1.807) is 22.9 Å². The van der Waals surface area contributed by atoms with Crippen LogP contribution in [0, 0.1) is 5.82 Å². The average Bonchev–Trinajstić information content (AvgIpc) is 2.94. The van der Waals surface area contributed by atoms with E-state index in [2.05, 4.69) is 4.98 Å². The van der Waals surface area contributed by atoms with Crippen LogP contribution in [0.15, 0.2) is 50.7 Å². The molecule has 0 aliphatic heterocycles. The van der Waals surface area contributed by atoms with Gasteiger partial charge in [0.1, 0.15) is 11.0 Å². The Hall–Kier alpha value is -2.18. The van der Waals surface area contributed by atoms with Crippen LogP contribution in [0.2, 0.25) is 5.15 Å². The highest BCUT2D eigenvalue weighted by Gasteiger charge is 2.18. The summed E-state index contributed by atoms with van der Waals surface area (Å²) in [5.41, 5.74) is -0.926. The van der Waals surface area contributed by atoms with Crippen LogP contribution >= 0.6 is 22.9 Å². The third kappa shape index (κ3) is 2.32. The molecule has 0 saturated carbocycles. The fraction of sp³-hybridized carbons (Fsp3) is 0. The summed E-state index contributed by atoms with van der Waals surface area (Å²) >= 11 is 7.28.